The molecule has 0 atom stereocenters. The Balaban J connectivity index is 2.55. The second-order valence-electron chi connectivity index (χ2n) is 11.5. The Hall–Kier alpha value is -3.26. The number of hydrazine groups is 1. The van der Waals surface area contributed by atoms with Crippen LogP contribution in [0.25, 0.3) is 0 Å². The molecule has 1 fully saturated rings. The molecular weight excluding hydrogens is 591 g/mol. The van der Waals surface area contributed by atoms with E-state index in [9.17, 15) is 41.4 Å². The van der Waals surface area contributed by atoms with Crippen LogP contribution in [-0.4, -0.2) is 70.8 Å². The van der Waals surface area contributed by atoms with Crippen LogP contribution in [0.4, 0.5) is 22.0 Å². The van der Waals surface area contributed by atoms with Crippen molar-refractivity contribution < 1.29 is 46.2 Å². The van der Waals surface area contributed by atoms with Gasteiger partial charge in [-0.25, -0.2) is 5.84 Å². The lowest BCUT2D eigenvalue weighted by atomic mass is 9.74. The summed E-state index contributed by atoms with van der Waals surface area (Å²) in [5.74, 6) is 1.91. The summed E-state index contributed by atoms with van der Waals surface area (Å²) >= 11 is 6.07. The van der Waals surface area contributed by atoms with Gasteiger partial charge >= 0.3 is 18.8 Å². The Morgan fingerprint density at radius 1 is 1.21 bits per heavy atom. The van der Waals surface area contributed by atoms with E-state index >= 15 is 0 Å². The molecule has 0 aromatic heterocycles. The van der Waals surface area contributed by atoms with Crippen LogP contribution in [0.1, 0.15) is 63.7 Å². The fourth-order valence-corrected chi connectivity index (χ4v) is 5.02. The van der Waals surface area contributed by atoms with Gasteiger partial charge in [-0.3, -0.25) is 14.4 Å². The lowest BCUT2D eigenvalue weighted by Crippen LogP contribution is -2.50. The maximum Gasteiger partial charge on any atom is 0.433 e. The van der Waals surface area contributed by atoms with E-state index in [-0.39, 0.29) is 43.5 Å². The topological polar surface area (TPSA) is 137 Å². The predicted molar refractivity (Wildman–Crippen MR) is 144 cm³/mol. The first-order chi connectivity index (χ1) is 19.2. The third kappa shape index (κ3) is 8.63. The zero-order chi connectivity index (χ0) is 32.2. The summed E-state index contributed by atoms with van der Waals surface area (Å²) < 4.78 is 73.6. The van der Waals surface area contributed by atoms with Gasteiger partial charge in [0.15, 0.2) is 5.78 Å². The van der Waals surface area contributed by atoms with Gasteiger partial charge in [0, 0.05) is 18.8 Å². The molecule has 1 aromatic carbocycles. The molecule has 0 spiro atoms. The first kappa shape index (κ1) is 34.9. The number of ketones is 1. The highest BCUT2D eigenvalue weighted by molar-refractivity contribution is 6.34. The van der Waals surface area contributed by atoms with Crippen LogP contribution < -0.4 is 10.6 Å². The minimum Gasteiger partial charge on any atom is -0.481 e. The number of carbonyl (C=O) groups excluding carboxylic acids is 2. The zero-order valence-corrected chi connectivity index (χ0v) is 24.3. The van der Waals surface area contributed by atoms with Crippen LogP contribution in [0.3, 0.4) is 0 Å². The quantitative estimate of drug-likeness (QED) is 0.0720. The summed E-state index contributed by atoms with van der Waals surface area (Å²) in [6.45, 7) is 1.95. The van der Waals surface area contributed by atoms with Crippen LogP contribution in [0.15, 0.2) is 29.5 Å². The number of aliphatic carboxylic acids is 1. The minimum absolute atomic E-state index is 0.0258. The lowest BCUT2D eigenvalue weighted by molar-refractivity contribution is -0.151. The Morgan fingerprint density at radius 3 is 2.24 bits per heavy atom. The number of carboxylic acids is 1. The molecule has 1 aromatic rings. The first-order valence-electron chi connectivity index (χ1n) is 12.9. The number of allylic oxidation sites excluding steroid dienone is 1. The summed E-state index contributed by atoms with van der Waals surface area (Å²) in [4.78, 5) is 39.2. The van der Waals surface area contributed by atoms with Gasteiger partial charge in [-0.15, -0.1) is 0 Å². The van der Waals surface area contributed by atoms with Gasteiger partial charge in [0.05, 0.1) is 28.1 Å². The number of carboxylic acid groups (broad SMARTS) is 1. The number of halogens is 6. The summed E-state index contributed by atoms with van der Waals surface area (Å²) in [6.07, 6.45) is -5.01. The van der Waals surface area contributed by atoms with Gasteiger partial charge in [-0.2, -0.15) is 22.0 Å². The van der Waals surface area contributed by atoms with Crippen LogP contribution in [-0.2, 0) is 9.59 Å². The van der Waals surface area contributed by atoms with Gasteiger partial charge in [0.25, 0.3) is 5.91 Å². The summed E-state index contributed by atoms with van der Waals surface area (Å²) in [5, 5.41) is 17.3. The fourth-order valence-electron chi connectivity index (χ4n) is 4.75. The van der Waals surface area contributed by atoms with Crippen LogP contribution in [0.2, 0.25) is 5.02 Å². The Kier molecular flexibility index (Phi) is 11.1. The highest BCUT2D eigenvalue weighted by atomic mass is 35.5. The van der Waals surface area contributed by atoms with Gasteiger partial charge in [0.1, 0.15) is 11.4 Å². The van der Waals surface area contributed by atoms with Gasteiger partial charge in [-0.05, 0) is 50.2 Å². The molecule has 4 N–H and O–H groups in total. The number of alkyl halides is 5. The molecule has 0 saturated heterocycles. The van der Waals surface area contributed by atoms with Crippen molar-refractivity contribution >= 4 is 35.5 Å². The van der Waals surface area contributed by atoms with E-state index in [0.717, 1.165) is 11.0 Å². The predicted octanol–water partition coefficient (Wildman–Crippen LogP) is 5.67. The van der Waals surface area contributed by atoms with Crippen molar-refractivity contribution in [2.24, 2.45) is 16.7 Å². The molecule has 1 aliphatic rings. The Bertz CT molecular complexity index is 1220. The highest BCUT2D eigenvalue weighted by Crippen LogP contribution is 2.40. The zero-order valence-electron chi connectivity index (χ0n) is 23.5. The second-order valence-corrected chi connectivity index (χ2v) is 12.0. The lowest BCUT2D eigenvalue weighted by Gasteiger charge is -2.40. The monoisotopic (exact) mass is 624 g/mol. The van der Waals surface area contributed by atoms with E-state index in [4.69, 9.17) is 22.9 Å². The fraction of sp³-hybridized carbons (Fsp3) is 0.556. The van der Waals surface area contributed by atoms with E-state index in [1.165, 1.54) is 19.1 Å². The number of amides is 1. The van der Waals surface area contributed by atoms with E-state index in [1.54, 1.807) is 20.8 Å². The number of nitrogens with one attached hydrogen (secondary N) is 1. The van der Waals surface area contributed by atoms with Crippen molar-refractivity contribution in [2.75, 3.05) is 13.1 Å². The number of nitrogens with zero attached hydrogens (tertiary/aromatic N) is 2. The van der Waals surface area contributed by atoms with Crippen molar-refractivity contribution in [3.05, 3.63) is 40.1 Å². The number of nitrogens with two attached hydrogens (primary N) is 1. The van der Waals surface area contributed by atoms with Crippen molar-refractivity contribution in [3.8, 4) is 5.75 Å². The van der Waals surface area contributed by atoms with Crippen LogP contribution in [0.5, 0.6) is 5.75 Å². The average molecular weight is 625 g/mol. The maximum atomic E-state index is 14.4. The molecule has 1 aliphatic carbocycles. The number of hydrogen-bond acceptors (Lipinski definition) is 7. The standard InChI is InChI=1S/C27H34ClF5N4O5/c1-25(2,3)14-36(13-18(38)20-17(28)6-5-7-19(20)42-24(29)30)22(39)16(12-34)21(27(31,32)33)37(35)15-8-10-26(4,11-9-15)23(40)41/h5-7,12,15,24,34H,8-11,13-14,35H2,1-4H3,(H,40,41)/b21-16+,34-12?. The number of benzene rings is 1. The molecular formula is C27H34ClF5N4O5. The van der Waals surface area contributed by atoms with Crippen molar-refractivity contribution in [1.29, 1.82) is 5.41 Å². The molecule has 9 nitrogen and oxygen atoms in total. The first-order valence-corrected chi connectivity index (χ1v) is 13.2. The molecule has 1 saturated carbocycles. The largest absolute Gasteiger partial charge is 0.481 e. The Morgan fingerprint density at radius 2 is 1.79 bits per heavy atom. The van der Waals surface area contributed by atoms with Gasteiger partial charge in [-0.1, -0.05) is 38.4 Å². The third-order valence-corrected chi connectivity index (χ3v) is 7.20. The van der Waals surface area contributed by atoms with Crippen LogP contribution >= 0.6 is 11.6 Å². The summed E-state index contributed by atoms with van der Waals surface area (Å²) in [5.41, 5.74) is -5.19. The number of carbonyl (C=O) groups is 3. The van der Waals surface area contributed by atoms with E-state index in [2.05, 4.69) is 4.74 Å². The number of hydrogen-bond donors (Lipinski definition) is 3. The van der Waals surface area contributed by atoms with E-state index < -0.39 is 76.4 Å². The molecule has 0 radical (unpaired) electrons. The molecule has 1 amide bonds. The van der Waals surface area contributed by atoms with Gasteiger partial charge in [0.2, 0.25) is 0 Å². The molecule has 0 bridgehead atoms. The molecule has 0 aliphatic heterocycles. The number of Topliss-reactive ketones (excluding diaryl/α,β-unsaturated/α-hetero) is 1. The molecule has 0 unspecified atom stereocenters. The molecule has 234 valence electrons. The normalized spacial score (nSPS) is 20.0. The smallest absolute Gasteiger partial charge is 0.433 e. The molecule has 15 heteroatoms. The SMILES string of the molecule is CC(C)(C)CN(CC(=O)c1c(Cl)cccc1OC(F)F)C(=O)/C(C=N)=C(/N(N)C1CCC(C)(C(=O)O)CC1)C(F)(F)F. The minimum atomic E-state index is -5.22. The van der Waals surface area contributed by atoms with Gasteiger partial charge < -0.3 is 25.2 Å². The molecule has 2 rings (SSSR count). The highest BCUT2D eigenvalue weighted by Gasteiger charge is 2.46. The Labute approximate surface area is 244 Å². The molecule has 42 heavy (non-hydrogen) atoms. The molecule has 0 heterocycles. The van der Waals surface area contributed by atoms with Crippen molar-refractivity contribution in [2.45, 2.75) is 72.2 Å². The average Bonchev–Trinajstić information content (AvgIpc) is 2.84. The third-order valence-electron chi connectivity index (χ3n) is 6.88. The summed E-state index contributed by atoms with van der Waals surface area (Å²) in [7, 11) is 0. The summed E-state index contributed by atoms with van der Waals surface area (Å²) in [6, 6.07) is 2.53. The van der Waals surface area contributed by atoms with E-state index in [1.807, 2.05) is 0 Å². The van der Waals surface area contributed by atoms with E-state index in [0.29, 0.717) is 5.01 Å². The van der Waals surface area contributed by atoms with Crippen molar-refractivity contribution in [1.82, 2.24) is 9.91 Å². The maximum absolute atomic E-state index is 14.4. The van der Waals surface area contributed by atoms with Crippen molar-refractivity contribution in [3.63, 3.8) is 0 Å². The number of ether oxygens (including phenoxy) is 1. The van der Waals surface area contributed by atoms with Crippen LogP contribution in [0, 0.1) is 16.2 Å². The number of rotatable bonds is 11. The second kappa shape index (κ2) is 13.4.